The van der Waals surface area contributed by atoms with Gasteiger partial charge < -0.3 is 4.90 Å². The van der Waals surface area contributed by atoms with Crippen molar-refractivity contribution in [1.82, 2.24) is 19.7 Å². The van der Waals surface area contributed by atoms with Gasteiger partial charge >= 0.3 is 0 Å². The van der Waals surface area contributed by atoms with Crippen LogP contribution in [0.1, 0.15) is 25.8 Å². The highest BCUT2D eigenvalue weighted by Crippen LogP contribution is 2.22. The van der Waals surface area contributed by atoms with Crippen LogP contribution in [-0.2, 0) is 11.3 Å². The number of benzene rings is 1. The van der Waals surface area contributed by atoms with Crippen LogP contribution in [-0.4, -0.2) is 38.7 Å². The summed E-state index contributed by atoms with van der Waals surface area (Å²) in [7, 11) is 0. The molecule has 2 atom stereocenters. The third kappa shape index (κ3) is 3.59. The molecule has 1 saturated heterocycles. The molecule has 2 aromatic rings. The molecular formula is C18H24N4OS. The van der Waals surface area contributed by atoms with E-state index in [1.165, 1.54) is 12.0 Å². The molecular weight excluding hydrogens is 320 g/mol. The number of aromatic amines is 1. The van der Waals surface area contributed by atoms with E-state index in [0.29, 0.717) is 22.4 Å². The number of nitrogens with one attached hydrogen (secondary N) is 1. The number of aromatic nitrogens is 3. The van der Waals surface area contributed by atoms with E-state index in [2.05, 4.69) is 24.0 Å². The smallest absolute Gasteiger partial charge is 0.242 e. The van der Waals surface area contributed by atoms with Crippen LogP contribution >= 0.6 is 12.2 Å². The normalized spacial score (nSPS) is 21.0. The number of hydrogen-bond donors (Lipinski definition) is 1. The Morgan fingerprint density at radius 2 is 1.88 bits per heavy atom. The lowest BCUT2D eigenvalue weighted by Gasteiger charge is -2.35. The average Bonchev–Trinajstić information content (AvgIpc) is 2.88. The summed E-state index contributed by atoms with van der Waals surface area (Å²) in [4.78, 5) is 14.7. The van der Waals surface area contributed by atoms with Crippen LogP contribution < -0.4 is 0 Å². The maximum Gasteiger partial charge on any atom is 0.242 e. The number of rotatable bonds is 3. The molecule has 128 valence electrons. The molecule has 0 saturated carbocycles. The first-order valence-corrected chi connectivity index (χ1v) is 8.85. The SMILES string of the molecule is Cc1ccc(-c2n[nH]c(=S)n2CC(=O)N2C[C@@H](C)C[C@H](C)C2)cc1. The van der Waals surface area contributed by atoms with E-state index >= 15 is 0 Å². The molecule has 1 aliphatic rings. The molecule has 1 aromatic heterocycles. The summed E-state index contributed by atoms with van der Waals surface area (Å²) in [5.74, 6) is 1.92. The zero-order valence-electron chi connectivity index (χ0n) is 14.5. The number of carbonyl (C=O) groups is 1. The molecule has 0 radical (unpaired) electrons. The molecule has 1 amide bonds. The molecule has 0 bridgehead atoms. The van der Waals surface area contributed by atoms with Crippen molar-refractivity contribution in [2.75, 3.05) is 13.1 Å². The number of H-pyrrole nitrogens is 1. The number of amides is 1. The minimum atomic E-state index is 0.110. The number of hydrogen-bond acceptors (Lipinski definition) is 3. The van der Waals surface area contributed by atoms with Gasteiger partial charge in [0.05, 0.1) is 0 Å². The summed E-state index contributed by atoms with van der Waals surface area (Å²) in [6, 6.07) is 8.08. The van der Waals surface area contributed by atoms with E-state index in [0.717, 1.165) is 18.7 Å². The minimum absolute atomic E-state index is 0.110. The van der Waals surface area contributed by atoms with Gasteiger partial charge in [0.15, 0.2) is 10.6 Å². The standard InChI is InChI=1S/C18H24N4OS/c1-12-4-6-15(7-5-12)17-19-20-18(24)22(17)11-16(23)21-9-13(2)8-14(3)10-21/h4-7,13-14H,8-11H2,1-3H3,(H,20,24)/t13-,14-/m0/s1. The molecule has 24 heavy (non-hydrogen) atoms. The quantitative estimate of drug-likeness (QED) is 0.868. The summed E-state index contributed by atoms with van der Waals surface area (Å²) in [5.41, 5.74) is 2.15. The predicted molar refractivity (Wildman–Crippen MR) is 97.1 cm³/mol. The molecule has 6 heteroatoms. The van der Waals surface area contributed by atoms with Gasteiger partial charge in [-0.3, -0.25) is 14.5 Å². The Balaban J connectivity index is 1.82. The average molecular weight is 344 g/mol. The van der Waals surface area contributed by atoms with Crippen LogP contribution in [0, 0.1) is 23.5 Å². The second-order valence-electron chi connectivity index (χ2n) is 7.05. The van der Waals surface area contributed by atoms with E-state index in [4.69, 9.17) is 12.2 Å². The van der Waals surface area contributed by atoms with Gasteiger partial charge in [0, 0.05) is 18.7 Å². The summed E-state index contributed by atoms with van der Waals surface area (Å²) in [6.07, 6.45) is 1.18. The summed E-state index contributed by atoms with van der Waals surface area (Å²) >= 11 is 5.34. The molecule has 5 nitrogen and oxygen atoms in total. The summed E-state index contributed by atoms with van der Waals surface area (Å²) in [6.45, 7) is 8.35. The molecule has 1 N–H and O–H groups in total. The van der Waals surface area contributed by atoms with Gasteiger partial charge in [0.2, 0.25) is 5.91 Å². The number of nitrogens with zero attached hydrogens (tertiary/aromatic N) is 3. The van der Waals surface area contributed by atoms with Gasteiger partial charge in [-0.15, -0.1) is 0 Å². The Labute approximate surface area is 147 Å². The fourth-order valence-electron chi connectivity index (χ4n) is 3.49. The number of piperidine rings is 1. The number of carbonyl (C=O) groups excluding carboxylic acids is 1. The van der Waals surface area contributed by atoms with Gasteiger partial charge in [-0.2, -0.15) is 5.10 Å². The van der Waals surface area contributed by atoms with Crippen molar-refractivity contribution in [2.45, 2.75) is 33.7 Å². The van der Waals surface area contributed by atoms with Crippen LogP contribution in [0.2, 0.25) is 0 Å². The van der Waals surface area contributed by atoms with Gasteiger partial charge in [0.25, 0.3) is 0 Å². The first kappa shape index (κ1) is 16.9. The molecule has 1 aromatic carbocycles. The predicted octanol–water partition coefficient (Wildman–Crippen LogP) is 3.42. The van der Waals surface area contributed by atoms with E-state index in [-0.39, 0.29) is 12.5 Å². The topological polar surface area (TPSA) is 53.9 Å². The van der Waals surface area contributed by atoms with E-state index in [1.807, 2.05) is 36.1 Å². The van der Waals surface area contributed by atoms with E-state index in [1.54, 1.807) is 4.57 Å². The lowest BCUT2D eigenvalue weighted by molar-refractivity contribution is -0.134. The second-order valence-corrected chi connectivity index (χ2v) is 7.44. The highest BCUT2D eigenvalue weighted by atomic mass is 32.1. The molecule has 0 unspecified atom stereocenters. The zero-order chi connectivity index (χ0) is 17.3. The van der Waals surface area contributed by atoms with Crippen LogP contribution in [0.25, 0.3) is 11.4 Å². The largest absolute Gasteiger partial charge is 0.341 e. The Morgan fingerprint density at radius 1 is 1.25 bits per heavy atom. The minimum Gasteiger partial charge on any atom is -0.341 e. The first-order chi connectivity index (χ1) is 11.4. The third-order valence-corrected chi connectivity index (χ3v) is 4.89. The first-order valence-electron chi connectivity index (χ1n) is 8.44. The summed E-state index contributed by atoms with van der Waals surface area (Å²) in [5, 5.41) is 7.14. The van der Waals surface area contributed by atoms with Crippen molar-refractivity contribution in [3.8, 4) is 11.4 Å². The van der Waals surface area contributed by atoms with Gasteiger partial charge in [-0.1, -0.05) is 43.7 Å². The molecule has 0 spiro atoms. The molecule has 3 rings (SSSR count). The Morgan fingerprint density at radius 3 is 2.50 bits per heavy atom. The third-order valence-electron chi connectivity index (χ3n) is 4.58. The van der Waals surface area contributed by atoms with Crippen molar-refractivity contribution >= 4 is 18.1 Å². The van der Waals surface area contributed by atoms with Crippen molar-refractivity contribution in [3.05, 3.63) is 34.6 Å². The lowest BCUT2D eigenvalue weighted by Crippen LogP contribution is -2.44. The van der Waals surface area contributed by atoms with Gasteiger partial charge in [-0.05, 0) is 37.4 Å². The monoisotopic (exact) mass is 344 g/mol. The van der Waals surface area contributed by atoms with E-state index < -0.39 is 0 Å². The molecule has 1 fully saturated rings. The second kappa shape index (κ2) is 6.89. The van der Waals surface area contributed by atoms with Crippen molar-refractivity contribution < 1.29 is 4.79 Å². The molecule has 2 heterocycles. The van der Waals surface area contributed by atoms with Gasteiger partial charge in [0.1, 0.15) is 6.54 Å². The maximum atomic E-state index is 12.8. The van der Waals surface area contributed by atoms with Crippen LogP contribution in [0.3, 0.4) is 0 Å². The van der Waals surface area contributed by atoms with Crippen molar-refractivity contribution in [1.29, 1.82) is 0 Å². The highest BCUT2D eigenvalue weighted by molar-refractivity contribution is 7.71. The van der Waals surface area contributed by atoms with Crippen molar-refractivity contribution in [3.63, 3.8) is 0 Å². The maximum absolute atomic E-state index is 12.8. The summed E-state index contributed by atoms with van der Waals surface area (Å²) < 4.78 is 2.28. The molecule has 0 aliphatic carbocycles. The Bertz CT molecular complexity index is 767. The Hall–Kier alpha value is -1.95. The van der Waals surface area contributed by atoms with Crippen molar-refractivity contribution in [2.24, 2.45) is 11.8 Å². The van der Waals surface area contributed by atoms with E-state index in [9.17, 15) is 4.79 Å². The van der Waals surface area contributed by atoms with Crippen LogP contribution in [0.5, 0.6) is 0 Å². The molecule has 1 aliphatic heterocycles. The highest BCUT2D eigenvalue weighted by Gasteiger charge is 2.26. The van der Waals surface area contributed by atoms with Gasteiger partial charge in [-0.25, -0.2) is 0 Å². The Kier molecular flexibility index (Phi) is 4.85. The van der Waals surface area contributed by atoms with Crippen LogP contribution in [0.15, 0.2) is 24.3 Å². The number of likely N-dealkylation sites (tertiary alicyclic amines) is 1. The lowest BCUT2D eigenvalue weighted by atomic mass is 9.92. The fraction of sp³-hybridized carbons (Fsp3) is 0.500. The van der Waals surface area contributed by atoms with Crippen LogP contribution in [0.4, 0.5) is 0 Å². The number of aryl methyl sites for hydroxylation is 1. The zero-order valence-corrected chi connectivity index (χ0v) is 15.3. The fourth-order valence-corrected chi connectivity index (χ4v) is 3.69.